The molecule has 3 atom stereocenters. The fraction of sp³-hybridized carbons (Fsp3) is 0.720. The largest absolute Gasteiger partial charge is 0.486 e. The first kappa shape index (κ1) is 23.8. The highest BCUT2D eigenvalue weighted by Gasteiger charge is 2.38. The molecule has 1 fully saturated rings. The minimum atomic E-state index is -0.775. The summed E-state index contributed by atoms with van der Waals surface area (Å²) >= 11 is 0. The second-order valence-electron chi connectivity index (χ2n) is 9.38. The third-order valence-electron chi connectivity index (χ3n) is 6.72. The number of rotatable bonds is 11. The van der Waals surface area contributed by atoms with Crippen molar-refractivity contribution in [3.05, 3.63) is 23.8 Å². The number of unbranched alkanes of at least 4 members (excludes halogenated alkanes) is 4. The Bertz CT molecular complexity index is 729. The van der Waals surface area contributed by atoms with Crippen molar-refractivity contribution in [3.8, 4) is 11.5 Å². The van der Waals surface area contributed by atoms with Crippen LogP contribution in [-0.2, 0) is 4.79 Å². The number of carbonyl (C=O) groups is 1. The number of benzene rings is 1. The minimum Gasteiger partial charge on any atom is -0.486 e. The predicted octanol–water partition coefficient (Wildman–Crippen LogP) is 4.84. The second kappa shape index (κ2) is 11.2. The Morgan fingerprint density at radius 3 is 2.68 bits per heavy atom. The SMILES string of the molecule is CCCCCCCC(=O)N[C@](C)(CN1CC[C@H](F)C1)C(C)c1ccc2c(c1)OCCO2. The van der Waals surface area contributed by atoms with Crippen LogP contribution in [0.2, 0.25) is 0 Å². The van der Waals surface area contributed by atoms with Crippen LogP contribution in [0.1, 0.15) is 77.2 Å². The summed E-state index contributed by atoms with van der Waals surface area (Å²) in [4.78, 5) is 15.0. The Hall–Kier alpha value is -1.82. The number of nitrogens with zero attached hydrogens (tertiary/aromatic N) is 1. The summed E-state index contributed by atoms with van der Waals surface area (Å²) in [5.41, 5.74) is 0.583. The van der Waals surface area contributed by atoms with E-state index in [2.05, 4.69) is 37.1 Å². The topological polar surface area (TPSA) is 50.8 Å². The number of likely N-dealkylation sites (tertiary alicyclic amines) is 1. The van der Waals surface area contributed by atoms with Gasteiger partial charge in [-0.15, -0.1) is 0 Å². The molecule has 3 rings (SSSR count). The van der Waals surface area contributed by atoms with E-state index < -0.39 is 11.7 Å². The molecule has 0 saturated carbocycles. The van der Waals surface area contributed by atoms with Crippen molar-refractivity contribution in [3.63, 3.8) is 0 Å². The van der Waals surface area contributed by atoms with Gasteiger partial charge in [-0.3, -0.25) is 9.69 Å². The standard InChI is InChI=1S/C25H39FN2O3/c1-4-5-6-7-8-9-24(29)27-25(3,18-28-13-12-21(26)17-28)19(2)20-10-11-22-23(16-20)31-15-14-30-22/h10-11,16,19,21H,4-9,12-15,17-18H2,1-3H3,(H,27,29)/t19?,21-,25+/m0/s1. The van der Waals surface area contributed by atoms with Gasteiger partial charge in [0.2, 0.25) is 5.91 Å². The maximum Gasteiger partial charge on any atom is 0.220 e. The zero-order valence-corrected chi connectivity index (χ0v) is 19.4. The number of amides is 1. The Balaban J connectivity index is 1.70. The van der Waals surface area contributed by atoms with E-state index in [1.54, 1.807) is 0 Å². The Labute approximate surface area is 186 Å². The van der Waals surface area contributed by atoms with Gasteiger partial charge >= 0.3 is 0 Å². The molecule has 1 amide bonds. The van der Waals surface area contributed by atoms with Crippen molar-refractivity contribution < 1.29 is 18.7 Å². The summed E-state index contributed by atoms with van der Waals surface area (Å²) in [5, 5.41) is 3.33. The van der Waals surface area contributed by atoms with Crippen LogP contribution < -0.4 is 14.8 Å². The summed E-state index contributed by atoms with van der Waals surface area (Å²) in [6, 6.07) is 6.02. The van der Waals surface area contributed by atoms with E-state index in [1.807, 2.05) is 12.1 Å². The van der Waals surface area contributed by atoms with Crippen LogP contribution in [0.5, 0.6) is 11.5 Å². The first-order chi connectivity index (χ1) is 14.9. The number of alkyl halides is 1. The number of ether oxygens (including phenoxy) is 2. The molecule has 1 aromatic carbocycles. The Morgan fingerprint density at radius 2 is 1.97 bits per heavy atom. The molecule has 174 valence electrons. The number of hydrogen-bond acceptors (Lipinski definition) is 4. The van der Waals surface area contributed by atoms with Crippen molar-refractivity contribution in [1.29, 1.82) is 0 Å². The van der Waals surface area contributed by atoms with Gasteiger partial charge in [0.1, 0.15) is 19.4 Å². The van der Waals surface area contributed by atoms with Crippen molar-refractivity contribution in [2.45, 2.75) is 83.3 Å². The molecule has 2 heterocycles. The zero-order chi connectivity index (χ0) is 22.3. The molecule has 0 bridgehead atoms. The monoisotopic (exact) mass is 434 g/mol. The maximum atomic E-state index is 13.8. The van der Waals surface area contributed by atoms with Gasteiger partial charge in [0.15, 0.2) is 11.5 Å². The van der Waals surface area contributed by atoms with Crippen molar-refractivity contribution in [2.75, 3.05) is 32.8 Å². The number of nitrogens with one attached hydrogen (secondary N) is 1. The average Bonchev–Trinajstić information content (AvgIpc) is 3.16. The predicted molar refractivity (Wildman–Crippen MR) is 122 cm³/mol. The molecule has 2 aliphatic rings. The lowest BCUT2D eigenvalue weighted by molar-refractivity contribution is -0.123. The van der Waals surface area contributed by atoms with Gasteiger partial charge in [0, 0.05) is 32.0 Å². The molecule has 0 aliphatic carbocycles. The van der Waals surface area contributed by atoms with Gasteiger partial charge in [-0.05, 0) is 37.5 Å². The molecule has 1 N–H and O–H groups in total. The Morgan fingerprint density at radius 1 is 1.23 bits per heavy atom. The van der Waals surface area contributed by atoms with Gasteiger partial charge in [-0.25, -0.2) is 4.39 Å². The molecule has 1 aromatic rings. The van der Waals surface area contributed by atoms with Gasteiger partial charge in [-0.2, -0.15) is 0 Å². The quantitative estimate of drug-likeness (QED) is 0.506. The Kier molecular flexibility index (Phi) is 8.58. The average molecular weight is 435 g/mol. The molecule has 1 saturated heterocycles. The summed E-state index contributed by atoms with van der Waals surface area (Å²) in [6.45, 7) is 9.33. The van der Waals surface area contributed by atoms with E-state index in [-0.39, 0.29) is 11.8 Å². The lowest BCUT2D eigenvalue weighted by Gasteiger charge is -2.40. The first-order valence-corrected chi connectivity index (χ1v) is 12.0. The highest BCUT2D eigenvalue weighted by atomic mass is 19.1. The van der Waals surface area contributed by atoms with Gasteiger partial charge < -0.3 is 14.8 Å². The van der Waals surface area contributed by atoms with Gasteiger partial charge in [0.05, 0.1) is 5.54 Å². The first-order valence-electron chi connectivity index (χ1n) is 12.0. The highest BCUT2D eigenvalue weighted by molar-refractivity contribution is 5.77. The fourth-order valence-corrected chi connectivity index (χ4v) is 4.65. The minimum absolute atomic E-state index is 0.0334. The third kappa shape index (κ3) is 6.58. The molecule has 31 heavy (non-hydrogen) atoms. The third-order valence-corrected chi connectivity index (χ3v) is 6.72. The lowest BCUT2D eigenvalue weighted by Crippen LogP contribution is -2.56. The van der Waals surface area contributed by atoms with Crippen LogP contribution in [0.15, 0.2) is 18.2 Å². The van der Waals surface area contributed by atoms with Crippen LogP contribution in [0, 0.1) is 0 Å². The molecule has 2 aliphatic heterocycles. The maximum absolute atomic E-state index is 13.8. The molecule has 0 aromatic heterocycles. The molecule has 0 radical (unpaired) electrons. The molecule has 1 unspecified atom stereocenters. The summed E-state index contributed by atoms with van der Waals surface area (Å²) in [7, 11) is 0. The number of hydrogen-bond donors (Lipinski definition) is 1. The van der Waals surface area contributed by atoms with E-state index in [0.717, 1.165) is 36.4 Å². The van der Waals surface area contributed by atoms with Crippen LogP contribution in [0.25, 0.3) is 0 Å². The van der Waals surface area contributed by atoms with Crippen molar-refractivity contribution >= 4 is 5.91 Å². The number of carbonyl (C=O) groups excluding carboxylic acids is 1. The molecular weight excluding hydrogens is 395 g/mol. The lowest BCUT2D eigenvalue weighted by atomic mass is 9.81. The molecule has 6 heteroatoms. The van der Waals surface area contributed by atoms with Gasteiger partial charge in [-0.1, -0.05) is 45.6 Å². The second-order valence-corrected chi connectivity index (χ2v) is 9.38. The number of fused-ring (bicyclic) bond motifs is 1. The molecular formula is C25H39FN2O3. The van der Waals surface area contributed by atoms with Crippen molar-refractivity contribution in [2.24, 2.45) is 0 Å². The van der Waals surface area contributed by atoms with E-state index in [0.29, 0.717) is 39.1 Å². The summed E-state index contributed by atoms with van der Waals surface area (Å²) in [5.74, 6) is 1.63. The van der Waals surface area contributed by atoms with Gasteiger partial charge in [0.25, 0.3) is 0 Å². The normalized spacial score (nSPS) is 21.5. The molecule has 5 nitrogen and oxygen atoms in total. The van der Waals surface area contributed by atoms with E-state index in [9.17, 15) is 9.18 Å². The smallest absolute Gasteiger partial charge is 0.220 e. The van der Waals surface area contributed by atoms with Crippen LogP contribution in [0.4, 0.5) is 4.39 Å². The summed E-state index contributed by atoms with van der Waals surface area (Å²) < 4.78 is 25.3. The van der Waals surface area contributed by atoms with Crippen LogP contribution in [0.3, 0.4) is 0 Å². The zero-order valence-electron chi connectivity index (χ0n) is 19.4. The fourth-order valence-electron chi connectivity index (χ4n) is 4.65. The summed E-state index contributed by atoms with van der Waals surface area (Å²) in [6.07, 6.45) is 5.94. The number of halogens is 1. The van der Waals surface area contributed by atoms with Crippen LogP contribution in [-0.4, -0.2) is 55.4 Å². The van der Waals surface area contributed by atoms with E-state index in [1.165, 1.54) is 19.3 Å². The molecule has 0 spiro atoms. The van der Waals surface area contributed by atoms with Crippen LogP contribution >= 0.6 is 0 Å². The van der Waals surface area contributed by atoms with Crippen molar-refractivity contribution in [1.82, 2.24) is 10.2 Å². The highest BCUT2D eigenvalue weighted by Crippen LogP contribution is 2.37. The van der Waals surface area contributed by atoms with E-state index in [4.69, 9.17) is 9.47 Å². The van der Waals surface area contributed by atoms with E-state index >= 15 is 0 Å².